The molecule has 4 atom stereocenters. The molecule has 6 nitrogen and oxygen atoms in total. The summed E-state index contributed by atoms with van der Waals surface area (Å²) in [6, 6.07) is 0. The molecule has 1 amide bonds. The molecule has 3 aliphatic rings. The number of carboxylic acid groups (broad SMARTS) is 1. The van der Waals surface area contributed by atoms with Crippen LogP contribution in [-0.4, -0.2) is 60.4 Å². The molecule has 0 aromatic rings. The molecule has 3 rings (SSSR count). The number of carboxylic acids is 1. The van der Waals surface area contributed by atoms with Gasteiger partial charge in [-0.2, -0.15) is 0 Å². The average molecular weight is 253 g/mol. The predicted molar refractivity (Wildman–Crippen MR) is 59.8 cm³/mol. The summed E-state index contributed by atoms with van der Waals surface area (Å²) >= 11 is 0. The fourth-order valence-corrected chi connectivity index (χ4v) is 2.89. The van der Waals surface area contributed by atoms with Crippen LogP contribution < -0.4 is 0 Å². The highest BCUT2D eigenvalue weighted by Gasteiger charge is 2.54. The molecular formula is C12H15NO5. The largest absolute Gasteiger partial charge is 0.481 e. The van der Waals surface area contributed by atoms with E-state index in [1.165, 1.54) is 0 Å². The quantitative estimate of drug-likeness (QED) is 0.671. The Morgan fingerprint density at radius 2 is 1.72 bits per heavy atom. The molecule has 0 radical (unpaired) electrons. The third kappa shape index (κ3) is 1.72. The van der Waals surface area contributed by atoms with Crippen LogP contribution in [0.2, 0.25) is 0 Å². The first-order chi connectivity index (χ1) is 8.68. The van der Waals surface area contributed by atoms with E-state index in [0.29, 0.717) is 26.3 Å². The van der Waals surface area contributed by atoms with Crippen LogP contribution in [0.1, 0.15) is 0 Å². The Labute approximate surface area is 104 Å². The highest BCUT2D eigenvalue weighted by molar-refractivity contribution is 5.87. The number of fused-ring (bicyclic) bond motifs is 2. The molecular weight excluding hydrogens is 238 g/mol. The van der Waals surface area contributed by atoms with Crippen LogP contribution in [0.5, 0.6) is 0 Å². The first kappa shape index (κ1) is 11.7. The Morgan fingerprint density at radius 1 is 1.11 bits per heavy atom. The number of rotatable bonds is 2. The molecule has 0 aromatic carbocycles. The summed E-state index contributed by atoms with van der Waals surface area (Å²) in [6.07, 6.45) is 2.70. The van der Waals surface area contributed by atoms with Gasteiger partial charge in [0.15, 0.2) is 0 Å². The Kier molecular flexibility index (Phi) is 2.83. The van der Waals surface area contributed by atoms with Crippen LogP contribution in [0.4, 0.5) is 0 Å². The molecule has 18 heavy (non-hydrogen) atoms. The summed E-state index contributed by atoms with van der Waals surface area (Å²) < 4.78 is 10.7. The second-order valence-corrected chi connectivity index (χ2v) is 4.78. The minimum atomic E-state index is -0.960. The zero-order valence-electron chi connectivity index (χ0n) is 9.82. The molecule has 2 fully saturated rings. The van der Waals surface area contributed by atoms with Gasteiger partial charge in [0.05, 0.1) is 31.3 Å². The molecule has 0 spiro atoms. The smallest absolute Gasteiger partial charge is 0.310 e. The summed E-state index contributed by atoms with van der Waals surface area (Å²) in [4.78, 5) is 25.4. The Hall–Kier alpha value is -1.40. The average Bonchev–Trinajstić information content (AvgIpc) is 2.99. The number of hydrogen-bond acceptors (Lipinski definition) is 4. The predicted octanol–water partition coefficient (Wildman–Crippen LogP) is -0.501. The molecule has 3 heterocycles. The summed E-state index contributed by atoms with van der Waals surface area (Å²) in [5, 5.41) is 9.24. The lowest BCUT2D eigenvalue weighted by Crippen LogP contribution is -2.48. The lowest BCUT2D eigenvalue weighted by molar-refractivity contribution is -0.151. The molecule has 0 aromatic heterocycles. The normalized spacial score (nSPS) is 38.1. The van der Waals surface area contributed by atoms with Gasteiger partial charge in [0.2, 0.25) is 5.91 Å². The van der Waals surface area contributed by atoms with Gasteiger partial charge in [-0.15, -0.1) is 0 Å². The second-order valence-electron chi connectivity index (χ2n) is 4.78. The van der Waals surface area contributed by atoms with Gasteiger partial charge < -0.3 is 19.5 Å². The van der Waals surface area contributed by atoms with Crippen molar-refractivity contribution in [1.29, 1.82) is 0 Å². The van der Waals surface area contributed by atoms with Crippen LogP contribution in [0.15, 0.2) is 12.2 Å². The molecule has 98 valence electrons. The third-order valence-corrected chi connectivity index (χ3v) is 3.79. The first-order valence-electron chi connectivity index (χ1n) is 6.11. The molecule has 3 aliphatic heterocycles. The van der Waals surface area contributed by atoms with Gasteiger partial charge in [0.1, 0.15) is 5.92 Å². The van der Waals surface area contributed by atoms with Gasteiger partial charge in [0, 0.05) is 13.1 Å². The Balaban J connectivity index is 1.79. The van der Waals surface area contributed by atoms with Gasteiger partial charge in [-0.3, -0.25) is 9.59 Å². The minimum Gasteiger partial charge on any atom is -0.481 e. The summed E-state index contributed by atoms with van der Waals surface area (Å²) in [7, 11) is 0. The number of carbonyl (C=O) groups is 2. The molecule has 1 N–H and O–H groups in total. The van der Waals surface area contributed by atoms with Crippen molar-refractivity contribution in [2.75, 3.05) is 26.3 Å². The molecule has 4 unspecified atom stereocenters. The molecule has 0 aliphatic carbocycles. The number of aliphatic carboxylic acids is 1. The SMILES string of the molecule is O=C(O)C1C2C=CC(O2)C1C(=O)N1CCOCC1. The van der Waals surface area contributed by atoms with E-state index in [1.807, 2.05) is 0 Å². The van der Waals surface area contributed by atoms with Crippen molar-refractivity contribution in [2.45, 2.75) is 12.2 Å². The molecule has 0 saturated carbocycles. The van der Waals surface area contributed by atoms with Crippen LogP contribution in [0.25, 0.3) is 0 Å². The summed E-state index contributed by atoms with van der Waals surface area (Å²) in [5.41, 5.74) is 0. The van der Waals surface area contributed by atoms with E-state index < -0.39 is 23.9 Å². The first-order valence-corrected chi connectivity index (χ1v) is 6.11. The number of ether oxygens (including phenoxy) is 2. The van der Waals surface area contributed by atoms with Crippen LogP contribution in [0.3, 0.4) is 0 Å². The maximum absolute atomic E-state index is 12.4. The lowest BCUT2D eigenvalue weighted by Gasteiger charge is -2.31. The van der Waals surface area contributed by atoms with Gasteiger partial charge >= 0.3 is 5.97 Å². The van der Waals surface area contributed by atoms with Gasteiger partial charge in [-0.25, -0.2) is 0 Å². The maximum atomic E-state index is 12.4. The number of carbonyl (C=O) groups excluding carboxylic acids is 1. The Bertz CT molecular complexity index is 401. The second kappa shape index (κ2) is 4.37. The molecule has 2 bridgehead atoms. The van der Waals surface area contributed by atoms with Gasteiger partial charge in [-0.05, 0) is 0 Å². The van der Waals surface area contributed by atoms with Gasteiger partial charge in [-0.1, -0.05) is 12.2 Å². The van der Waals surface area contributed by atoms with E-state index in [9.17, 15) is 14.7 Å². The van der Waals surface area contributed by atoms with Crippen molar-refractivity contribution in [3.63, 3.8) is 0 Å². The fraction of sp³-hybridized carbons (Fsp3) is 0.667. The summed E-state index contributed by atoms with van der Waals surface area (Å²) in [6.45, 7) is 2.09. The van der Waals surface area contributed by atoms with E-state index in [2.05, 4.69) is 0 Å². The van der Waals surface area contributed by atoms with E-state index in [4.69, 9.17) is 9.47 Å². The zero-order chi connectivity index (χ0) is 12.7. The zero-order valence-corrected chi connectivity index (χ0v) is 9.82. The van der Waals surface area contributed by atoms with Crippen molar-refractivity contribution in [3.05, 3.63) is 12.2 Å². The number of amides is 1. The third-order valence-electron chi connectivity index (χ3n) is 3.79. The minimum absolute atomic E-state index is 0.123. The number of morpholine rings is 1. The standard InChI is InChI=1S/C12H15NO5/c14-11(13-3-5-17-6-4-13)9-7-1-2-8(18-7)10(9)12(15)16/h1-2,7-10H,3-6H2,(H,15,16). The van der Waals surface area contributed by atoms with Crippen LogP contribution in [0, 0.1) is 11.8 Å². The monoisotopic (exact) mass is 253 g/mol. The van der Waals surface area contributed by atoms with E-state index >= 15 is 0 Å². The highest BCUT2D eigenvalue weighted by Crippen LogP contribution is 2.40. The highest BCUT2D eigenvalue weighted by atomic mass is 16.5. The van der Waals surface area contributed by atoms with Crippen LogP contribution in [-0.2, 0) is 19.1 Å². The lowest BCUT2D eigenvalue weighted by atomic mass is 9.82. The Morgan fingerprint density at radius 3 is 2.33 bits per heavy atom. The van der Waals surface area contributed by atoms with Crippen molar-refractivity contribution < 1.29 is 24.2 Å². The van der Waals surface area contributed by atoms with Crippen LogP contribution >= 0.6 is 0 Å². The van der Waals surface area contributed by atoms with E-state index in [0.717, 1.165) is 0 Å². The van der Waals surface area contributed by atoms with Crippen molar-refractivity contribution in [1.82, 2.24) is 4.90 Å². The van der Waals surface area contributed by atoms with E-state index in [1.54, 1.807) is 17.1 Å². The fourth-order valence-electron chi connectivity index (χ4n) is 2.89. The molecule has 2 saturated heterocycles. The number of nitrogens with zero attached hydrogens (tertiary/aromatic N) is 1. The van der Waals surface area contributed by atoms with Crippen molar-refractivity contribution in [3.8, 4) is 0 Å². The topological polar surface area (TPSA) is 76.1 Å². The number of hydrogen-bond donors (Lipinski definition) is 1. The van der Waals surface area contributed by atoms with Gasteiger partial charge in [0.25, 0.3) is 0 Å². The summed E-state index contributed by atoms with van der Waals surface area (Å²) in [5.74, 6) is -2.42. The maximum Gasteiger partial charge on any atom is 0.310 e. The molecule has 6 heteroatoms. The van der Waals surface area contributed by atoms with Crippen molar-refractivity contribution >= 4 is 11.9 Å². The van der Waals surface area contributed by atoms with Crippen molar-refractivity contribution in [2.24, 2.45) is 11.8 Å². The van der Waals surface area contributed by atoms with E-state index in [-0.39, 0.29) is 12.0 Å².